The monoisotopic (exact) mass is 266 g/mol. The number of anilines is 1. The van der Waals surface area contributed by atoms with Gasteiger partial charge < -0.3 is 15.3 Å². The van der Waals surface area contributed by atoms with Crippen LogP contribution in [0.1, 0.15) is 18.9 Å². The second-order valence-electron chi connectivity index (χ2n) is 4.81. The van der Waals surface area contributed by atoms with Crippen LogP contribution in [0.2, 0.25) is 0 Å². The lowest BCUT2D eigenvalue weighted by Crippen LogP contribution is -2.46. The van der Waals surface area contributed by atoms with Gasteiger partial charge in [0.05, 0.1) is 0 Å². The first-order valence-corrected chi connectivity index (χ1v) is 6.61. The first kappa shape index (κ1) is 13.8. The molecule has 2 N–H and O–H groups in total. The van der Waals surface area contributed by atoms with Crippen LogP contribution in [0.3, 0.4) is 0 Å². The smallest absolute Gasteiger partial charge is 0.322 e. The molecule has 19 heavy (non-hydrogen) atoms. The number of carbonyl (C=O) groups is 1. The van der Waals surface area contributed by atoms with E-state index in [1.54, 1.807) is 6.07 Å². The van der Waals surface area contributed by atoms with Crippen LogP contribution in [0.15, 0.2) is 18.2 Å². The third-order valence-corrected chi connectivity index (χ3v) is 3.38. The van der Waals surface area contributed by atoms with E-state index in [-0.39, 0.29) is 5.82 Å². The molecule has 0 spiro atoms. The van der Waals surface area contributed by atoms with Crippen LogP contribution in [0.4, 0.5) is 10.1 Å². The molecule has 1 atom stereocenters. The van der Waals surface area contributed by atoms with Gasteiger partial charge in [-0.25, -0.2) is 4.39 Å². The number of rotatable bonds is 6. The molecule has 1 heterocycles. The maximum atomic E-state index is 13.3. The Morgan fingerprint density at radius 3 is 3.05 bits per heavy atom. The van der Waals surface area contributed by atoms with E-state index >= 15 is 0 Å². The summed E-state index contributed by atoms with van der Waals surface area (Å²) in [5.41, 5.74) is 1.91. The summed E-state index contributed by atoms with van der Waals surface area (Å²) in [5, 5.41) is 12.2. The summed E-state index contributed by atoms with van der Waals surface area (Å²) in [7, 11) is 0. The molecule has 2 rings (SSSR count). The van der Waals surface area contributed by atoms with Crippen LogP contribution in [0.25, 0.3) is 0 Å². The van der Waals surface area contributed by atoms with Gasteiger partial charge in [0.15, 0.2) is 0 Å². The second kappa shape index (κ2) is 6.02. The number of hydrogen-bond donors (Lipinski definition) is 2. The lowest BCUT2D eigenvalue weighted by atomic mass is 10.1. The fourth-order valence-electron chi connectivity index (χ4n) is 2.38. The molecule has 1 aliphatic heterocycles. The summed E-state index contributed by atoms with van der Waals surface area (Å²) in [5.74, 6) is -1.14. The highest BCUT2D eigenvalue weighted by molar-refractivity contribution is 5.75. The SMILES string of the molecule is CCCNC(CN1CCc2ccc(F)cc21)C(=O)O. The number of fused-ring (bicyclic) bond motifs is 1. The topological polar surface area (TPSA) is 52.6 Å². The number of carboxylic acids is 1. The summed E-state index contributed by atoms with van der Waals surface area (Å²) in [6.45, 7) is 3.77. The van der Waals surface area contributed by atoms with E-state index in [4.69, 9.17) is 0 Å². The Morgan fingerprint density at radius 2 is 2.37 bits per heavy atom. The van der Waals surface area contributed by atoms with Crippen molar-refractivity contribution < 1.29 is 14.3 Å². The molecule has 0 amide bonds. The predicted octanol–water partition coefficient (Wildman–Crippen LogP) is 1.64. The van der Waals surface area contributed by atoms with Gasteiger partial charge in [0, 0.05) is 18.8 Å². The van der Waals surface area contributed by atoms with Gasteiger partial charge in [-0.3, -0.25) is 4.79 Å². The van der Waals surface area contributed by atoms with Gasteiger partial charge in [-0.05, 0) is 37.1 Å². The first-order valence-electron chi connectivity index (χ1n) is 6.61. The Kier molecular flexibility index (Phi) is 4.37. The van der Waals surface area contributed by atoms with Gasteiger partial charge in [-0.2, -0.15) is 0 Å². The Morgan fingerprint density at radius 1 is 1.58 bits per heavy atom. The van der Waals surface area contributed by atoms with Crippen molar-refractivity contribution in [2.75, 3.05) is 24.5 Å². The van der Waals surface area contributed by atoms with Crippen molar-refractivity contribution in [2.24, 2.45) is 0 Å². The molecular formula is C14H19FN2O2. The number of aliphatic carboxylic acids is 1. The number of benzene rings is 1. The molecule has 0 saturated carbocycles. The van der Waals surface area contributed by atoms with E-state index in [1.165, 1.54) is 12.1 Å². The molecular weight excluding hydrogens is 247 g/mol. The third-order valence-electron chi connectivity index (χ3n) is 3.38. The van der Waals surface area contributed by atoms with Gasteiger partial charge >= 0.3 is 5.97 Å². The highest BCUT2D eigenvalue weighted by atomic mass is 19.1. The normalized spacial score (nSPS) is 15.4. The van der Waals surface area contributed by atoms with Crippen LogP contribution >= 0.6 is 0 Å². The van der Waals surface area contributed by atoms with E-state index in [2.05, 4.69) is 5.32 Å². The molecule has 0 aromatic heterocycles. The van der Waals surface area contributed by atoms with E-state index in [1.807, 2.05) is 11.8 Å². The van der Waals surface area contributed by atoms with Crippen molar-refractivity contribution >= 4 is 11.7 Å². The third kappa shape index (κ3) is 3.23. The number of carboxylic acid groups (broad SMARTS) is 1. The molecule has 1 aromatic carbocycles. The maximum absolute atomic E-state index is 13.3. The number of hydrogen-bond acceptors (Lipinski definition) is 3. The lowest BCUT2D eigenvalue weighted by molar-refractivity contribution is -0.139. The van der Waals surface area contributed by atoms with Gasteiger partial charge in [-0.15, -0.1) is 0 Å². The fraction of sp³-hybridized carbons (Fsp3) is 0.500. The highest BCUT2D eigenvalue weighted by Gasteiger charge is 2.25. The molecule has 1 unspecified atom stereocenters. The van der Waals surface area contributed by atoms with Gasteiger partial charge in [0.2, 0.25) is 0 Å². The Labute approximate surface area is 112 Å². The Balaban J connectivity index is 2.08. The number of nitrogens with zero attached hydrogens (tertiary/aromatic N) is 1. The van der Waals surface area contributed by atoms with Gasteiger partial charge in [-0.1, -0.05) is 13.0 Å². The van der Waals surface area contributed by atoms with Crippen LogP contribution in [0.5, 0.6) is 0 Å². The summed E-state index contributed by atoms with van der Waals surface area (Å²) in [6.07, 6.45) is 1.73. The van der Waals surface area contributed by atoms with Crippen LogP contribution < -0.4 is 10.2 Å². The van der Waals surface area contributed by atoms with E-state index < -0.39 is 12.0 Å². The molecule has 0 bridgehead atoms. The fourth-order valence-corrected chi connectivity index (χ4v) is 2.38. The van der Waals surface area contributed by atoms with Crippen LogP contribution in [-0.4, -0.2) is 36.8 Å². The molecule has 0 aliphatic carbocycles. The van der Waals surface area contributed by atoms with E-state index in [0.29, 0.717) is 13.1 Å². The van der Waals surface area contributed by atoms with Crippen LogP contribution in [-0.2, 0) is 11.2 Å². The van der Waals surface area contributed by atoms with Crippen molar-refractivity contribution in [3.63, 3.8) is 0 Å². The highest BCUT2D eigenvalue weighted by Crippen LogP contribution is 2.28. The zero-order chi connectivity index (χ0) is 13.8. The molecule has 0 saturated heterocycles. The minimum Gasteiger partial charge on any atom is -0.480 e. The predicted molar refractivity (Wildman–Crippen MR) is 72.0 cm³/mol. The summed E-state index contributed by atoms with van der Waals surface area (Å²) >= 11 is 0. The van der Waals surface area contributed by atoms with E-state index in [0.717, 1.165) is 30.6 Å². The number of halogens is 1. The molecule has 5 heteroatoms. The van der Waals surface area contributed by atoms with Gasteiger partial charge in [0.1, 0.15) is 11.9 Å². The Hall–Kier alpha value is -1.62. The molecule has 0 radical (unpaired) electrons. The average Bonchev–Trinajstić information content (AvgIpc) is 2.76. The molecule has 1 aliphatic rings. The maximum Gasteiger partial charge on any atom is 0.322 e. The minimum atomic E-state index is -0.863. The molecule has 1 aromatic rings. The zero-order valence-corrected chi connectivity index (χ0v) is 11.0. The van der Waals surface area contributed by atoms with Crippen LogP contribution in [0, 0.1) is 5.82 Å². The zero-order valence-electron chi connectivity index (χ0n) is 11.0. The summed E-state index contributed by atoms with van der Waals surface area (Å²) in [4.78, 5) is 13.2. The van der Waals surface area contributed by atoms with Crippen molar-refractivity contribution in [3.05, 3.63) is 29.6 Å². The average molecular weight is 266 g/mol. The largest absolute Gasteiger partial charge is 0.480 e. The van der Waals surface area contributed by atoms with Gasteiger partial charge in [0.25, 0.3) is 0 Å². The lowest BCUT2D eigenvalue weighted by Gasteiger charge is -2.24. The summed E-state index contributed by atoms with van der Waals surface area (Å²) in [6, 6.07) is 4.10. The first-order chi connectivity index (χ1) is 9.11. The molecule has 0 fully saturated rings. The summed E-state index contributed by atoms with van der Waals surface area (Å²) < 4.78 is 13.3. The molecule has 104 valence electrons. The van der Waals surface area contributed by atoms with Crippen molar-refractivity contribution in [1.82, 2.24) is 5.32 Å². The standard InChI is InChI=1S/C14H19FN2O2/c1-2-6-16-12(14(18)19)9-17-7-5-10-3-4-11(15)8-13(10)17/h3-4,8,12,16H,2,5-7,9H2,1H3,(H,18,19). The van der Waals surface area contributed by atoms with Crippen molar-refractivity contribution in [2.45, 2.75) is 25.8 Å². The molecule has 4 nitrogen and oxygen atoms in total. The van der Waals surface area contributed by atoms with Crippen molar-refractivity contribution in [3.8, 4) is 0 Å². The van der Waals surface area contributed by atoms with E-state index in [9.17, 15) is 14.3 Å². The second-order valence-corrected chi connectivity index (χ2v) is 4.81. The number of nitrogens with one attached hydrogen (secondary N) is 1. The Bertz CT molecular complexity index is 465. The quantitative estimate of drug-likeness (QED) is 0.822. The minimum absolute atomic E-state index is 0.279. The van der Waals surface area contributed by atoms with Crippen molar-refractivity contribution in [1.29, 1.82) is 0 Å².